The van der Waals surface area contributed by atoms with E-state index in [-0.39, 0.29) is 17.7 Å². The Morgan fingerprint density at radius 3 is 2.95 bits per heavy atom. The van der Waals surface area contributed by atoms with E-state index in [0.717, 1.165) is 12.8 Å². The fourth-order valence-corrected chi connectivity index (χ4v) is 2.60. The number of hydrogen-bond acceptors (Lipinski definition) is 8. The number of aromatic amines is 1. The van der Waals surface area contributed by atoms with E-state index in [4.69, 9.17) is 11.6 Å². The van der Waals surface area contributed by atoms with Crippen LogP contribution in [0.4, 0.5) is 11.8 Å². The summed E-state index contributed by atoms with van der Waals surface area (Å²) >= 11 is 1.24. The van der Waals surface area contributed by atoms with Gasteiger partial charge < -0.3 is 11.2 Å². The van der Waals surface area contributed by atoms with Crippen molar-refractivity contribution in [1.82, 2.24) is 24.7 Å². The highest BCUT2D eigenvalue weighted by molar-refractivity contribution is 7.99. The summed E-state index contributed by atoms with van der Waals surface area (Å²) in [6.07, 6.45) is 1.99. The third-order valence-electron chi connectivity index (χ3n) is 2.65. The molecule has 0 bridgehead atoms. The molecule has 2 aromatic heterocycles. The van der Waals surface area contributed by atoms with Crippen molar-refractivity contribution in [3.63, 3.8) is 0 Å². The summed E-state index contributed by atoms with van der Waals surface area (Å²) in [7, 11) is 0. The maximum absolute atomic E-state index is 11.6. The predicted molar refractivity (Wildman–Crippen MR) is 69.5 cm³/mol. The number of nitrogens with two attached hydrogens (primary N) is 2. The van der Waals surface area contributed by atoms with Crippen molar-refractivity contribution in [3.8, 4) is 0 Å². The molecule has 2 heterocycles. The summed E-state index contributed by atoms with van der Waals surface area (Å²) in [5.41, 5.74) is 7.78. The Labute approximate surface area is 111 Å². The standard InChI is InChI=1S/C9H12N8OS/c10-7-12-5(14-11)3-6(13-7)19-9-16-15-8(18)17(9)4-1-2-4/h3-4H,1-2,11H2,(H,15,18)(H3,10,12,13,14). The van der Waals surface area contributed by atoms with Crippen LogP contribution in [-0.2, 0) is 0 Å². The molecule has 2 aromatic rings. The van der Waals surface area contributed by atoms with Gasteiger partial charge >= 0.3 is 5.69 Å². The molecule has 10 heteroatoms. The number of nitrogens with zero attached hydrogens (tertiary/aromatic N) is 4. The molecule has 1 saturated carbocycles. The maximum Gasteiger partial charge on any atom is 0.344 e. The van der Waals surface area contributed by atoms with Crippen LogP contribution >= 0.6 is 11.8 Å². The molecule has 100 valence electrons. The molecular weight excluding hydrogens is 268 g/mol. The van der Waals surface area contributed by atoms with Gasteiger partial charge in [-0.1, -0.05) is 0 Å². The largest absolute Gasteiger partial charge is 0.368 e. The number of nitrogens with one attached hydrogen (secondary N) is 2. The summed E-state index contributed by atoms with van der Waals surface area (Å²) in [6.45, 7) is 0. The molecule has 19 heavy (non-hydrogen) atoms. The fourth-order valence-electron chi connectivity index (χ4n) is 1.68. The second-order valence-corrected chi connectivity index (χ2v) is 5.10. The maximum atomic E-state index is 11.6. The lowest BCUT2D eigenvalue weighted by molar-refractivity contribution is 0.642. The van der Waals surface area contributed by atoms with Crippen LogP contribution in [0.5, 0.6) is 0 Å². The van der Waals surface area contributed by atoms with Crippen LogP contribution in [0.1, 0.15) is 18.9 Å². The summed E-state index contributed by atoms with van der Waals surface area (Å²) in [6, 6.07) is 1.87. The molecule has 6 N–H and O–H groups in total. The Hall–Kier alpha value is -2.07. The van der Waals surface area contributed by atoms with Crippen molar-refractivity contribution in [2.24, 2.45) is 5.84 Å². The quantitative estimate of drug-likeness (QED) is 0.340. The van der Waals surface area contributed by atoms with Gasteiger partial charge in [0.25, 0.3) is 0 Å². The first-order valence-corrected chi connectivity index (χ1v) is 6.45. The van der Waals surface area contributed by atoms with E-state index in [1.54, 1.807) is 10.6 Å². The van der Waals surface area contributed by atoms with Gasteiger partial charge in [-0.25, -0.2) is 20.7 Å². The molecule has 0 spiro atoms. The van der Waals surface area contributed by atoms with Crippen molar-refractivity contribution in [1.29, 1.82) is 0 Å². The molecule has 0 amide bonds. The number of anilines is 2. The van der Waals surface area contributed by atoms with Gasteiger partial charge in [-0.05, 0) is 24.6 Å². The van der Waals surface area contributed by atoms with E-state index >= 15 is 0 Å². The number of hydrazine groups is 1. The molecule has 9 nitrogen and oxygen atoms in total. The summed E-state index contributed by atoms with van der Waals surface area (Å²) in [5.74, 6) is 5.80. The highest BCUT2D eigenvalue weighted by Crippen LogP contribution is 2.37. The van der Waals surface area contributed by atoms with Gasteiger partial charge in [0.05, 0.1) is 0 Å². The lowest BCUT2D eigenvalue weighted by Gasteiger charge is -2.05. The second-order valence-electron chi connectivity index (χ2n) is 4.11. The van der Waals surface area contributed by atoms with E-state index in [2.05, 4.69) is 25.6 Å². The molecule has 1 fully saturated rings. The van der Waals surface area contributed by atoms with Gasteiger partial charge in [0, 0.05) is 12.1 Å². The van der Waals surface area contributed by atoms with E-state index in [9.17, 15) is 4.79 Å². The third kappa shape index (κ3) is 2.39. The Kier molecular flexibility index (Phi) is 2.87. The monoisotopic (exact) mass is 280 g/mol. The number of hydrogen-bond donors (Lipinski definition) is 4. The summed E-state index contributed by atoms with van der Waals surface area (Å²) < 4.78 is 1.64. The summed E-state index contributed by atoms with van der Waals surface area (Å²) in [5, 5.41) is 7.57. The number of rotatable bonds is 4. The Balaban J connectivity index is 1.93. The third-order valence-corrected chi connectivity index (χ3v) is 3.54. The van der Waals surface area contributed by atoms with Crippen molar-refractivity contribution in [2.75, 3.05) is 11.2 Å². The SMILES string of the molecule is NNc1cc(Sc2n[nH]c(=O)n2C2CC2)nc(N)n1. The number of H-pyrrole nitrogens is 1. The van der Waals surface area contributed by atoms with Crippen molar-refractivity contribution in [2.45, 2.75) is 29.1 Å². The van der Waals surface area contributed by atoms with Crippen LogP contribution in [0.3, 0.4) is 0 Å². The zero-order valence-electron chi connectivity index (χ0n) is 9.83. The van der Waals surface area contributed by atoms with E-state index in [1.165, 1.54) is 11.8 Å². The van der Waals surface area contributed by atoms with Crippen LogP contribution in [0.15, 0.2) is 21.0 Å². The van der Waals surface area contributed by atoms with Crippen molar-refractivity contribution in [3.05, 3.63) is 16.6 Å². The molecule has 0 radical (unpaired) electrons. The Bertz CT molecular complexity index is 660. The van der Waals surface area contributed by atoms with E-state index in [0.29, 0.717) is 16.0 Å². The molecule has 0 aliphatic heterocycles. The van der Waals surface area contributed by atoms with Crippen LogP contribution in [-0.4, -0.2) is 24.7 Å². The smallest absolute Gasteiger partial charge is 0.344 e. The molecule has 0 aromatic carbocycles. The average Bonchev–Trinajstić information content (AvgIpc) is 3.14. The Morgan fingerprint density at radius 2 is 2.26 bits per heavy atom. The molecule has 0 saturated heterocycles. The van der Waals surface area contributed by atoms with Gasteiger partial charge in [-0.2, -0.15) is 4.98 Å². The molecule has 1 aliphatic carbocycles. The lowest BCUT2D eigenvalue weighted by Crippen LogP contribution is -2.16. The highest BCUT2D eigenvalue weighted by Gasteiger charge is 2.29. The van der Waals surface area contributed by atoms with Crippen molar-refractivity contribution < 1.29 is 0 Å². The zero-order chi connectivity index (χ0) is 13.4. The number of nitrogen functional groups attached to an aromatic ring is 2. The first-order chi connectivity index (χ1) is 9.17. The van der Waals surface area contributed by atoms with Crippen molar-refractivity contribution >= 4 is 23.5 Å². The van der Waals surface area contributed by atoms with Gasteiger partial charge in [-0.3, -0.25) is 4.57 Å². The number of aromatic nitrogens is 5. The van der Waals surface area contributed by atoms with E-state index in [1.807, 2.05) is 0 Å². The lowest BCUT2D eigenvalue weighted by atomic mass is 10.6. The van der Waals surface area contributed by atoms with Crippen LogP contribution in [0, 0.1) is 0 Å². The average molecular weight is 280 g/mol. The van der Waals surface area contributed by atoms with Gasteiger partial charge in [0.2, 0.25) is 5.95 Å². The highest BCUT2D eigenvalue weighted by atomic mass is 32.2. The first-order valence-electron chi connectivity index (χ1n) is 5.63. The fraction of sp³-hybridized carbons (Fsp3) is 0.333. The molecular formula is C9H12N8OS. The van der Waals surface area contributed by atoms with Gasteiger partial charge in [0.1, 0.15) is 10.8 Å². The minimum absolute atomic E-state index is 0.105. The molecule has 0 atom stereocenters. The van der Waals surface area contributed by atoms with Crippen LogP contribution < -0.4 is 22.7 Å². The zero-order valence-corrected chi connectivity index (χ0v) is 10.6. The minimum atomic E-state index is -0.204. The summed E-state index contributed by atoms with van der Waals surface area (Å²) in [4.78, 5) is 19.6. The van der Waals surface area contributed by atoms with Gasteiger partial charge in [0.15, 0.2) is 5.16 Å². The minimum Gasteiger partial charge on any atom is -0.368 e. The second kappa shape index (κ2) is 4.55. The topological polar surface area (TPSA) is 141 Å². The molecule has 1 aliphatic rings. The molecule has 3 rings (SSSR count). The first kappa shape index (κ1) is 12.0. The predicted octanol–water partition coefficient (Wildman–Crippen LogP) is -0.285. The normalized spacial score (nSPS) is 14.6. The molecule has 0 unspecified atom stereocenters. The van der Waals surface area contributed by atoms with Gasteiger partial charge in [-0.15, -0.1) is 5.10 Å². The van der Waals surface area contributed by atoms with E-state index < -0.39 is 0 Å². The van der Waals surface area contributed by atoms with Crippen LogP contribution in [0.25, 0.3) is 0 Å². The van der Waals surface area contributed by atoms with Crippen LogP contribution in [0.2, 0.25) is 0 Å². The Morgan fingerprint density at radius 1 is 1.47 bits per heavy atom.